The van der Waals surface area contributed by atoms with Gasteiger partial charge in [-0.2, -0.15) is 0 Å². The van der Waals surface area contributed by atoms with Crippen molar-refractivity contribution in [3.05, 3.63) is 18.5 Å². The van der Waals surface area contributed by atoms with Gasteiger partial charge in [0.15, 0.2) is 5.96 Å². The molecule has 0 bridgehead atoms. The number of guanidine groups is 1. The summed E-state index contributed by atoms with van der Waals surface area (Å²) in [6.07, 6.45) is 12.1. The molecule has 0 radical (unpaired) electrons. The fourth-order valence-electron chi connectivity index (χ4n) is 5.11. The molecule has 1 aromatic heterocycles. The molecule has 0 amide bonds. The van der Waals surface area contributed by atoms with E-state index in [0.717, 1.165) is 57.7 Å². The minimum absolute atomic E-state index is 0. The SMILES string of the molecule is CN=C(NCCN1CCN(c2ncccn2)CC1)N1CCC2(CCCCC2)C1.I. The Bertz CT molecular complexity index is 640. The van der Waals surface area contributed by atoms with Crippen LogP contribution in [0.4, 0.5) is 5.95 Å². The highest BCUT2D eigenvalue weighted by Gasteiger charge is 2.39. The number of hydrogen-bond donors (Lipinski definition) is 1. The van der Waals surface area contributed by atoms with E-state index < -0.39 is 0 Å². The van der Waals surface area contributed by atoms with E-state index in [9.17, 15) is 0 Å². The number of aliphatic imine (C=N–C) groups is 1. The molecule has 1 aromatic rings. The molecule has 2 aliphatic heterocycles. The third-order valence-electron chi connectivity index (χ3n) is 6.78. The van der Waals surface area contributed by atoms with Crippen LogP contribution in [0.15, 0.2) is 23.5 Å². The van der Waals surface area contributed by atoms with Crippen molar-refractivity contribution in [3.63, 3.8) is 0 Å². The second-order valence-electron chi connectivity index (χ2n) is 8.58. The summed E-state index contributed by atoms with van der Waals surface area (Å²) in [5, 5.41) is 3.62. The van der Waals surface area contributed by atoms with Crippen LogP contribution in [0.3, 0.4) is 0 Å². The molecule has 0 unspecified atom stereocenters. The minimum Gasteiger partial charge on any atom is -0.355 e. The molecule has 0 aromatic carbocycles. The fourth-order valence-corrected chi connectivity index (χ4v) is 5.11. The Morgan fingerprint density at radius 3 is 2.45 bits per heavy atom. The molecule has 1 N–H and O–H groups in total. The van der Waals surface area contributed by atoms with Crippen molar-refractivity contribution in [3.8, 4) is 0 Å². The van der Waals surface area contributed by atoms with Gasteiger partial charge in [-0.25, -0.2) is 9.97 Å². The molecule has 7 nitrogen and oxygen atoms in total. The number of anilines is 1. The first-order valence-electron chi connectivity index (χ1n) is 11.0. The van der Waals surface area contributed by atoms with Gasteiger partial charge < -0.3 is 15.1 Å². The molecule has 1 spiro atoms. The monoisotopic (exact) mass is 513 g/mol. The standard InChI is InChI=1S/C21H35N7.HI/c1-22-19(28-12-8-21(18-28)6-3-2-4-7-21)25-11-13-26-14-16-27(17-15-26)20-23-9-5-10-24-20;/h5,9-10H,2-4,6-8,11-18H2,1H3,(H,22,25);1H. The van der Waals surface area contributed by atoms with Crippen molar-refractivity contribution >= 4 is 35.9 Å². The number of rotatable bonds is 4. The smallest absolute Gasteiger partial charge is 0.225 e. The van der Waals surface area contributed by atoms with Gasteiger partial charge in [-0.3, -0.25) is 9.89 Å². The summed E-state index contributed by atoms with van der Waals surface area (Å²) in [7, 11) is 1.92. The van der Waals surface area contributed by atoms with Gasteiger partial charge in [-0.1, -0.05) is 19.3 Å². The Morgan fingerprint density at radius 1 is 1.03 bits per heavy atom. The van der Waals surface area contributed by atoms with E-state index >= 15 is 0 Å². The zero-order valence-electron chi connectivity index (χ0n) is 17.7. The number of nitrogens with zero attached hydrogens (tertiary/aromatic N) is 6. The van der Waals surface area contributed by atoms with Crippen molar-refractivity contribution in [1.29, 1.82) is 0 Å². The molecule has 2 saturated heterocycles. The Labute approximate surface area is 192 Å². The first-order chi connectivity index (χ1) is 13.8. The Kier molecular flexibility index (Phi) is 8.35. The van der Waals surface area contributed by atoms with Crippen molar-refractivity contribution in [2.75, 3.05) is 64.3 Å². The van der Waals surface area contributed by atoms with Crippen LogP contribution >= 0.6 is 24.0 Å². The Hall–Kier alpha value is -1.16. The van der Waals surface area contributed by atoms with E-state index in [1.165, 1.54) is 45.1 Å². The van der Waals surface area contributed by atoms with Gasteiger partial charge in [0, 0.05) is 71.8 Å². The lowest BCUT2D eigenvalue weighted by Gasteiger charge is -2.35. The lowest BCUT2D eigenvalue weighted by atomic mass is 9.73. The number of hydrogen-bond acceptors (Lipinski definition) is 5. The number of piperazine rings is 1. The van der Waals surface area contributed by atoms with Crippen LogP contribution in [0.2, 0.25) is 0 Å². The summed E-state index contributed by atoms with van der Waals surface area (Å²) in [5.74, 6) is 1.95. The van der Waals surface area contributed by atoms with Crippen molar-refractivity contribution in [1.82, 2.24) is 25.1 Å². The second kappa shape index (κ2) is 10.7. The number of aromatic nitrogens is 2. The van der Waals surface area contributed by atoms with Crippen LogP contribution in [-0.4, -0.2) is 85.1 Å². The summed E-state index contributed by atoms with van der Waals surface area (Å²) in [6, 6.07) is 1.87. The minimum atomic E-state index is 0. The highest BCUT2D eigenvalue weighted by Crippen LogP contribution is 2.43. The first-order valence-corrected chi connectivity index (χ1v) is 11.0. The quantitative estimate of drug-likeness (QED) is 0.379. The molecule has 1 aliphatic carbocycles. The van der Waals surface area contributed by atoms with E-state index in [-0.39, 0.29) is 24.0 Å². The van der Waals surface area contributed by atoms with Gasteiger partial charge in [0.05, 0.1) is 0 Å². The molecule has 1 saturated carbocycles. The van der Waals surface area contributed by atoms with Gasteiger partial charge in [0.1, 0.15) is 0 Å². The van der Waals surface area contributed by atoms with E-state index in [1.807, 2.05) is 25.5 Å². The van der Waals surface area contributed by atoms with Crippen LogP contribution in [-0.2, 0) is 0 Å². The maximum Gasteiger partial charge on any atom is 0.225 e. The largest absolute Gasteiger partial charge is 0.355 e. The predicted molar refractivity (Wildman–Crippen MR) is 129 cm³/mol. The van der Waals surface area contributed by atoms with Crippen LogP contribution < -0.4 is 10.2 Å². The molecule has 29 heavy (non-hydrogen) atoms. The molecule has 162 valence electrons. The normalized spacial score (nSPS) is 22.6. The van der Waals surface area contributed by atoms with Crippen LogP contribution in [0.1, 0.15) is 38.5 Å². The second-order valence-corrected chi connectivity index (χ2v) is 8.58. The van der Waals surface area contributed by atoms with Crippen LogP contribution in [0, 0.1) is 5.41 Å². The third-order valence-corrected chi connectivity index (χ3v) is 6.78. The zero-order valence-corrected chi connectivity index (χ0v) is 20.1. The van der Waals surface area contributed by atoms with Crippen LogP contribution in [0.5, 0.6) is 0 Å². The van der Waals surface area contributed by atoms with E-state index in [4.69, 9.17) is 0 Å². The third kappa shape index (κ3) is 5.71. The van der Waals surface area contributed by atoms with Crippen molar-refractivity contribution < 1.29 is 0 Å². The lowest BCUT2D eigenvalue weighted by Crippen LogP contribution is -2.50. The summed E-state index contributed by atoms with van der Waals surface area (Å²) in [4.78, 5) is 20.6. The molecular formula is C21H36IN7. The molecule has 3 fully saturated rings. The predicted octanol–water partition coefficient (Wildman–Crippen LogP) is 2.45. The van der Waals surface area contributed by atoms with Crippen LogP contribution in [0.25, 0.3) is 0 Å². The first kappa shape index (κ1) is 22.5. The molecule has 8 heteroatoms. The fraction of sp³-hybridized carbons (Fsp3) is 0.762. The summed E-state index contributed by atoms with van der Waals surface area (Å²) < 4.78 is 0. The average Bonchev–Trinajstić information content (AvgIpc) is 3.16. The average molecular weight is 513 g/mol. The molecule has 0 atom stereocenters. The maximum absolute atomic E-state index is 4.57. The van der Waals surface area contributed by atoms with Gasteiger partial charge >= 0.3 is 0 Å². The van der Waals surface area contributed by atoms with Crippen molar-refractivity contribution in [2.24, 2.45) is 10.4 Å². The molecule has 3 aliphatic rings. The molecule has 3 heterocycles. The molecule has 4 rings (SSSR count). The summed E-state index contributed by atoms with van der Waals surface area (Å²) >= 11 is 0. The summed E-state index contributed by atoms with van der Waals surface area (Å²) in [5.41, 5.74) is 0.575. The number of likely N-dealkylation sites (tertiary alicyclic amines) is 1. The van der Waals surface area contributed by atoms with Gasteiger partial charge in [-0.15, -0.1) is 24.0 Å². The van der Waals surface area contributed by atoms with E-state index in [0.29, 0.717) is 5.41 Å². The number of nitrogens with one attached hydrogen (secondary N) is 1. The topological polar surface area (TPSA) is 59.9 Å². The summed E-state index contributed by atoms with van der Waals surface area (Å²) in [6.45, 7) is 8.48. The number of halogens is 1. The highest BCUT2D eigenvalue weighted by molar-refractivity contribution is 14.0. The Balaban J connectivity index is 0.00000240. The van der Waals surface area contributed by atoms with Gasteiger partial charge in [0.25, 0.3) is 0 Å². The maximum atomic E-state index is 4.57. The highest BCUT2D eigenvalue weighted by atomic mass is 127. The lowest BCUT2D eigenvalue weighted by molar-refractivity contribution is 0.203. The van der Waals surface area contributed by atoms with E-state index in [1.54, 1.807) is 0 Å². The van der Waals surface area contributed by atoms with Gasteiger partial charge in [-0.05, 0) is 30.7 Å². The van der Waals surface area contributed by atoms with Gasteiger partial charge in [0.2, 0.25) is 5.95 Å². The van der Waals surface area contributed by atoms with Crippen molar-refractivity contribution in [2.45, 2.75) is 38.5 Å². The molecular weight excluding hydrogens is 477 g/mol. The zero-order chi connectivity index (χ0) is 19.2. The Morgan fingerprint density at radius 2 is 1.76 bits per heavy atom. The van der Waals surface area contributed by atoms with E-state index in [2.05, 4.69) is 35.0 Å².